The Kier molecular flexibility index (Phi) is 8.80. The third-order valence-corrected chi connectivity index (χ3v) is 5.87. The smallest absolute Gasteiger partial charge is 0.224 e. The molecular formula is C23H31BrN2O5. The highest BCUT2D eigenvalue weighted by Crippen LogP contribution is 2.34. The second-order valence-corrected chi connectivity index (χ2v) is 8.20. The average molecular weight is 495 g/mol. The van der Waals surface area contributed by atoms with E-state index >= 15 is 0 Å². The first-order chi connectivity index (χ1) is 15.0. The Balaban J connectivity index is 1.68. The summed E-state index contributed by atoms with van der Waals surface area (Å²) in [5, 5.41) is 3.08. The molecule has 2 heterocycles. The summed E-state index contributed by atoms with van der Waals surface area (Å²) in [6.07, 6.45) is 0.236. The van der Waals surface area contributed by atoms with Gasteiger partial charge in [0.1, 0.15) is 11.5 Å². The Hall–Kier alpha value is -2.03. The zero-order valence-corrected chi connectivity index (χ0v) is 20.0. The van der Waals surface area contributed by atoms with Crippen molar-refractivity contribution >= 4 is 21.8 Å². The van der Waals surface area contributed by atoms with Crippen molar-refractivity contribution in [2.75, 3.05) is 46.1 Å². The minimum Gasteiger partial charge on any atom is -0.490 e. The predicted octanol–water partition coefficient (Wildman–Crippen LogP) is 3.88. The third-order valence-electron chi connectivity index (χ3n) is 5.13. The number of benzene rings is 1. The number of halogens is 1. The average Bonchev–Trinajstić information content (AvgIpc) is 3.18. The molecule has 1 amide bonds. The van der Waals surface area contributed by atoms with E-state index in [0.29, 0.717) is 44.5 Å². The number of carbonyl (C=O) groups excluding carboxylic acids is 1. The number of nitrogens with one attached hydrogen (secondary N) is 1. The van der Waals surface area contributed by atoms with Gasteiger partial charge in [-0.1, -0.05) is 15.9 Å². The van der Waals surface area contributed by atoms with Crippen molar-refractivity contribution in [2.45, 2.75) is 33.2 Å². The van der Waals surface area contributed by atoms with Crippen molar-refractivity contribution in [3.8, 4) is 11.5 Å². The quantitative estimate of drug-likeness (QED) is 0.540. The van der Waals surface area contributed by atoms with Crippen LogP contribution in [0.2, 0.25) is 0 Å². The summed E-state index contributed by atoms with van der Waals surface area (Å²) in [6, 6.07) is 7.65. The molecule has 1 atom stereocenters. The van der Waals surface area contributed by atoms with Gasteiger partial charge in [0.05, 0.1) is 38.9 Å². The molecule has 0 spiro atoms. The van der Waals surface area contributed by atoms with E-state index in [2.05, 4.69) is 26.1 Å². The summed E-state index contributed by atoms with van der Waals surface area (Å²) in [7, 11) is 0. The lowest BCUT2D eigenvalue weighted by atomic mass is 10.1. The molecule has 1 aliphatic heterocycles. The van der Waals surface area contributed by atoms with Crippen LogP contribution in [-0.4, -0.2) is 56.9 Å². The van der Waals surface area contributed by atoms with Crippen molar-refractivity contribution in [1.82, 2.24) is 10.2 Å². The van der Waals surface area contributed by atoms with Crippen molar-refractivity contribution in [3.63, 3.8) is 0 Å². The summed E-state index contributed by atoms with van der Waals surface area (Å²) in [6.45, 7) is 10.3. The van der Waals surface area contributed by atoms with E-state index in [9.17, 15) is 4.79 Å². The topological polar surface area (TPSA) is 73.2 Å². The lowest BCUT2D eigenvalue weighted by Crippen LogP contribution is -2.44. The maximum absolute atomic E-state index is 12.8. The molecule has 1 aliphatic rings. The molecule has 170 valence electrons. The van der Waals surface area contributed by atoms with E-state index in [4.69, 9.17) is 18.6 Å². The molecule has 0 saturated carbocycles. The first-order valence-electron chi connectivity index (χ1n) is 10.7. The van der Waals surface area contributed by atoms with Gasteiger partial charge in [-0.05, 0) is 50.6 Å². The number of aryl methyl sites for hydroxylation is 1. The minimum atomic E-state index is -0.0613. The molecule has 3 rings (SSSR count). The maximum atomic E-state index is 12.8. The van der Waals surface area contributed by atoms with Crippen molar-refractivity contribution < 1.29 is 23.4 Å². The molecule has 1 fully saturated rings. The molecule has 1 aromatic carbocycles. The number of hydrogen-bond acceptors (Lipinski definition) is 6. The summed E-state index contributed by atoms with van der Waals surface area (Å²) >= 11 is 3.56. The monoisotopic (exact) mass is 494 g/mol. The molecule has 2 aromatic rings. The van der Waals surface area contributed by atoms with Crippen LogP contribution in [0, 0.1) is 6.92 Å². The van der Waals surface area contributed by atoms with Gasteiger partial charge in [0.15, 0.2) is 11.5 Å². The van der Waals surface area contributed by atoms with Gasteiger partial charge in [-0.3, -0.25) is 9.69 Å². The lowest BCUT2D eigenvalue weighted by Gasteiger charge is -2.33. The molecule has 7 nitrogen and oxygen atoms in total. The van der Waals surface area contributed by atoms with Crippen LogP contribution < -0.4 is 14.8 Å². The zero-order chi connectivity index (χ0) is 22.2. The minimum absolute atomic E-state index is 0.0238. The third kappa shape index (κ3) is 6.48. The van der Waals surface area contributed by atoms with Crippen LogP contribution in [0.4, 0.5) is 0 Å². The van der Waals surface area contributed by atoms with E-state index in [1.54, 1.807) is 0 Å². The van der Waals surface area contributed by atoms with E-state index in [0.717, 1.165) is 34.6 Å². The van der Waals surface area contributed by atoms with Gasteiger partial charge in [-0.2, -0.15) is 0 Å². The largest absolute Gasteiger partial charge is 0.490 e. The maximum Gasteiger partial charge on any atom is 0.224 e. The van der Waals surface area contributed by atoms with Crippen LogP contribution in [0.5, 0.6) is 11.5 Å². The molecule has 0 radical (unpaired) electrons. The molecular weight excluding hydrogens is 464 g/mol. The Morgan fingerprint density at radius 3 is 2.45 bits per heavy atom. The van der Waals surface area contributed by atoms with Crippen LogP contribution in [0.3, 0.4) is 0 Å². The van der Waals surface area contributed by atoms with Crippen LogP contribution in [0.1, 0.15) is 37.0 Å². The van der Waals surface area contributed by atoms with E-state index in [1.807, 2.05) is 45.0 Å². The summed E-state index contributed by atoms with van der Waals surface area (Å²) < 4.78 is 23.5. The first-order valence-corrected chi connectivity index (χ1v) is 11.5. The van der Waals surface area contributed by atoms with Gasteiger partial charge in [-0.25, -0.2) is 0 Å². The number of rotatable bonds is 10. The van der Waals surface area contributed by atoms with E-state index in [1.165, 1.54) is 0 Å². The second-order valence-electron chi connectivity index (χ2n) is 7.35. The highest BCUT2D eigenvalue weighted by Gasteiger charge is 2.26. The highest BCUT2D eigenvalue weighted by molar-refractivity contribution is 9.10. The number of hydrogen-bond donors (Lipinski definition) is 1. The molecule has 1 N–H and O–H groups in total. The summed E-state index contributed by atoms with van der Waals surface area (Å²) in [5.41, 5.74) is 0.848. The number of carbonyl (C=O) groups is 1. The molecule has 0 aliphatic carbocycles. The van der Waals surface area contributed by atoms with Gasteiger partial charge in [-0.15, -0.1) is 0 Å². The van der Waals surface area contributed by atoms with Crippen LogP contribution in [0.15, 0.2) is 33.2 Å². The van der Waals surface area contributed by atoms with Gasteiger partial charge in [0.2, 0.25) is 5.91 Å². The molecule has 1 aromatic heterocycles. The SMILES string of the molecule is CCOc1cc(Br)c(CC(=O)NCC(c2ccc(C)o2)N2CCOCC2)cc1OCC. The fourth-order valence-electron chi connectivity index (χ4n) is 3.63. The second kappa shape index (κ2) is 11.5. The summed E-state index contributed by atoms with van der Waals surface area (Å²) in [5.74, 6) is 2.98. The standard InChI is InChI=1S/C23H31BrN2O5/c1-4-29-21-12-17(18(24)14-22(21)30-5-2)13-23(27)25-15-19(20-7-6-16(3)31-20)26-8-10-28-11-9-26/h6-7,12,14,19H,4-5,8-11,13,15H2,1-3H3,(H,25,27). The number of furan rings is 1. The first kappa shape index (κ1) is 23.6. The Morgan fingerprint density at radius 2 is 1.84 bits per heavy atom. The normalized spacial score (nSPS) is 15.5. The predicted molar refractivity (Wildman–Crippen MR) is 122 cm³/mol. The van der Waals surface area contributed by atoms with Crippen LogP contribution in [-0.2, 0) is 16.0 Å². The molecule has 0 bridgehead atoms. The van der Waals surface area contributed by atoms with Crippen molar-refractivity contribution in [2.24, 2.45) is 0 Å². The molecule has 8 heteroatoms. The van der Waals surface area contributed by atoms with Gasteiger partial charge in [0.25, 0.3) is 0 Å². The van der Waals surface area contributed by atoms with Crippen LogP contribution >= 0.6 is 15.9 Å². The molecule has 1 unspecified atom stereocenters. The number of amides is 1. The number of morpholine rings is 1. The van der Waals surface area contributed by atoms with Crippen molar-refractivity contribution in [3.05, 3.63) is 45.8 Å². The van der Waals surface area contributed by atoms with Gasteiger partial charge >= 0.3 is 0 Å². The lowest BCUT2D eigenvalue weighted by molar-refractivity contribution is -0.120. The van der Waals surface area contributed by atoms with Gasteiger partial charge in [0, 0.05) is 24.1 Å². The Labute approximate surface area is 192 Å². The fraction of sp³-hybridized carbons (Fsp3) is 0.522. The number of nitrogens with zero attached hydrogens (tertiary/aromatic N) is 1. The summed E-state index contributed by atoms with van der Waals surface area (Å²) in [4.78, 5) is 15.1. The number of ether oxygens (including phenoxy) is 3. The fourth-order valence-corrected chi connectivity index (χ4v) is 4.09. The Bertz CT molecular complexity index is 864. The highest BCUT2D eigenvalue weighted by atomic mass is 79.9. The Morgan fingerprint density at radius 1 is 1.16 bits per heavy atom. The van der Waals surface area contributed by atoms with E-state index < -0.39 is 0 Å². The van der Waals surface area contributed by atoms with Gasteiger partial charge < -0.3 is 23.9 Å². The molecule has 1 saturated heterocycles. The van der Waals surface area contributed by atoms with Crippen LogP contribution in [0.25, 0.3) is 0 Å². The zero-order valence-electron chi connectivity index (χ0n) is 18.4. The van der Waals surface area contributed by atoms with E-state index in [-0.39, 0.29) is 18.4 Å². The van der Waals surface area contributed by atoms with Crippen molar-refractivity contribution in [1.29, 1.82) is 0 Å². The molecule has 31 heavy (non-hydrogen) atoms.